The zero-order valence-corrected chi connectivity index (χ0v) is 11.4. The number of ether oxygens (including phenoxy) is 1. The van der Waals surface area contributed by atoms with Gasteiger partial charge in [0, 0.05) is 31.8 Å². The number of hydrogen-bond donors (Lipinski definition) is 0. The van der Waals surface area contributed by atoms with Crippen molar-refractivity contribution in [2.75, 3.05) is 13.1 Å². The maximum atomic E-state index is 11.8. The Morgan fingerprint density at radius 3 is 2.67 bits per heavy atom. The number of nitrogens with zero attached hydrogens (tertiary/aromatic N) is 1. The largest absolute Gasteiger partial charge is 0.444 e. The van der Waals surface area contributed by atoms with Crippen LogP contribution in [0.5, 0.6) is 0 Å². The standard InChI is InChI=1S/C14H21NO3/c1-5-6-7-12(16)11-8-9-15(10-11)13(17)18-14(2,3)4/h1,11H,6-10H2,2-4H3. The zero-order valence-electron chi connectivity index (χ0n) is 11.4. The van der Waals surface area contributed by atoms with Gasteiger partial charge in [0.05, 0.1) is 0 Å². The molecule has 1 atom stereocenters. The zero-order chi connectivity index (χ0) is 13.8. The first-order valence-corrected chi connectivity index (χ1v) is 6.27. The van der Waals surface area contributed by atoms with Crippen LogP contribution in [-0.2, 0) is 9.53 Å². The lowest BCUT2D eigenvalue weighted by Crippen LogP contribution is -2.35. The van der Waals surface area contributed by atoms with Crippen molar-refractivity contribution >= 4 is 11.9 Å². The molecule has 18 heavy (non-hydrogen) atoms. The highest BCUT2D eigenvalue weighted by Gasteiger charge is 2.32. The first-order valence-electron chi connectivity index (χ1n) is 6.27. The van der Waals surface area contributed by atoms with Crippen molar-refractivity contribution in [3.8, 4) is 12.3 Å². The number of likely N-dealkylation sites (tertiary alicyclic amines) is 1. The van der Waals surface area contributed by atoms with E-state index in [1.165, 1.54) is 0 Å². The van der Waals surface area contributed by atoms with Gasteiger partial charge in [-0.3, -0.25) is 4.79 Å². The fourth-order valence-electron chi connectivity index (χ4n) is 1.91. The topological polar surface area (TPSA) is 46.6 Å². The highest BCUT2D eigenvalue weighted by atomic mass is 16.6. The lowest BCUT2D eigenvalue weighted by Gasteiger charge is -2.24. The van der Waals surface area contributed by atoms with Crippen molar-refractivity contribution in [1.82, 2.24) is 4.90 Å². The van der Waals surface area contributed by atoms with Gasteiger partial charge in [-0.2, -0.15) is 0 Å². The molecule has 0 aliphatic carbocycles. The van der Waals surface area contributed by atoms with Crippen molar-refractivity contribution in [1.29, 1.82) is 0 Å². The maximum absolute atomic E-state index is 11.8. The van der Waals surface area contributed by atoms with E-state index in [2.05, 4.69) is 5.92 Å². The summed E-state index contributed by atoms with van der Waals surface area (Å²) in [4.78, 5) is 25.2. The van der Waals surface area contributed by atoms with Crippen molar-refractivity contribution in [2.24, 2.45) is 5.92 Å². The molecule has 0 radical (unpaired) electrons. The molecule has 1 amide bonds. The van der Waals surface area contributed by atoms with E-state index in [4.69, 9.17) is 11.2 Å². The molecule has 4 heteroatoms. The Kier molecular flexibility index (Phi) is 4.77. The van der Waals surface area contributed by atoms with Gasteiger partial charge in [0.2, 0.25) is 0 Å². The van der Waals surface area contributed by atoms with E-state index >= 15 is 0 Å². The van der Waals surface area contributed by atoms with Crippen LogP contribution in [0.1, 0.15) is 40.0 Å². The minimum absolute atomic E-state index is 0.0779. The molecule has 1 rings (SSSR count). The van der Waals surface area contributed by atoms with Gasteiger partial charge in [0.15, 0.2) is 0 Å². The lowest BCUT2D eigenvalue weighted by atomic mass is 10.00. The third-order valence-electron chi connectivity index (χ3n) is 2.81. The van der Waals surface area contributed by atoms with E-state index in [1.807, 2.05) is 20.8 Å². The number of carbonyl (C=O) groups is 2. The molecule has 1 unspecified atom stereocenters. The summed E-state index contributed by atoms with van der Waals surface area (Å²) < 4.78 is 5.27. The van der Waals surface area contributed by atoms with E-state index < -0.39 is 5.60 Å². The fourth-order valence-corrected chi connectivity index (χ4v) is 1.91. The van der Waals surface area contributed by atoms with Gasteiger partial charge < -0.3 is 9.64 Å². The smallest absolute Gasteiger partial charge is 0.410 e. The molecule has 1 saturated heterocycles. The number of amides is 1. The van der Waals surface area contributed by atoms with E-state index in [9.17, 15) is 9.59 Å². The fraction of sp³-hybridized carbons (Fsp3) is 0.714. The van der Waals surface area contributed by atoms with Crippen molar-refractivity contribution in [2.45, 2.75) is 45.6 Å². The molecule has 0 saturated carbocycles. The molecule has 0 aromatic carbocycles. The second-order valence-electron chi connectivity index (χ2n) is 5.58. The molecular weight excluding hydrogens is 230 g/mol. The SMILES string of the molecule is C#CCCC(=O)C1CCN(C(=O)OC(C)(C)C)C1. The average Bonchev–Trinajstić information content (AvgIpc) is 2.72. The van der Waals surface area contributed by atoms with Gasteiger partial charge in [-0.25, -0.2) is 4.79 Å². The second kappa shape index (κ2) is 5.90. The summed E-state index contributed by atoms with van der Waals surface area (Å²) in [6.07, 6.45) is 6.39. The van der Waals surface area contributed by atoms with Crippen LogP contribution in [0.2, 0.25) is 0 Å². The first-order chi connectivity index (χ1) is 8.33. The first kappa shape index (κ1) is 14.6. The summed E-state index contributed by atoms with van der Waals surface area (Å²) in [5.74, 6) is 2.54. The Morgan fingerprint density at radius 1 is 1.44 bits per heavy atom. The normalized spacial score (nSPS) is 19.4. The number of Topliss-reactive ketones (excluding diaryl/α,β-unsaturated/α-hetero) is 1. The molecule has 4 nitrogen and oxygen atoms in total. The van der Waals surface area contributed by atoms with Crippen LogP contribution in [0.3, 0.4) is 0 Å². The van der Waals surface area contributed by atoms with Crippen molar-refractivity contribution in [3.63, 3.8) is 0 Å². The summed E-state index contributed by atoms with van der Waals surface area (Å²) in [5, 5.41) is 0. The van der Waals surface area contributed by atoms with E-state index in [-0.39, 0.29) is 17.8 Å². The molecule has 1 heterocycles. The number of hydrogen-bond acceptors (Lipinski definition) is 3. The summed E-state index contributed by atoms with van der Waals surface area (Å²) in [6, 6.07) is 0. The van der Waals surface area contributed by atoms with Gasteiger partial charge in [0.1, 0.15) is 11.4 Å². The minimum atomic E-state index is -0.497. The van der Waals surface area contributed by atoms with Crippen LogP contribution in [0.15, 0.2) is 0 Å². The maximum Gasteiger partial charge on any atom is 0.410 e. The van der Waals surface area contributed by atoms with Crippen LogP contribution in [0.4, 0.5) is 4.79 Å². The summed E-state index contributed by atoms with van der Waals surface area (Å²) in [6.45, 7) is 6.53. The average molecular weight is 251 g/mol. The number of terminal acetylenes is 1. The molecule has 0 bridgehead atoms. The van der Waals surface area contributed by atoms with Gasteiger partial charge in [0.25, 0.3) is 0 Å². The Bertz CT molecular complexity index is 362. The van der Waals surface area contributed by atoms with Gasteiger partial charge in [-0.05, 0) is 27.2 Å². The van der Waals surface area contributed by atoms with Crippen LogP contribution >= 0.6 is 0 Å². The van der Waals surface area contributed by atoms with Crippen LogP contribution in [0, 0.1) is 18.3 Å². The number of rotatable bonds is 3. The Labute approximate surface area is 109 Å². The van der Waals surface area contributed by atoms with Gasteiger partial charge >= 0.3 is 6.09 Å². The highest BCUT2D eigenvalue weighted by molar-refractivity contribution is 5.82. The van der Waals surface area contributed by atoms with Crippen molar-refractivity contribution < 1.29 is 14.3 Å². The predicted octanol–water partition coefficient (Wildman–Crippen LogP) is 2.23. The van der Waals surface area contributed by atoms with Crippen LogP contribution in [-0.4, -0.2) is 35.5 Å². The molecule has 0 N–H and O–H groups in total. The number of carbonyl (C=O) groups excluding carboxylic acids is 2. The Hall–Kier alpha value is -1.50. The van der Waals surface area contributed by atoms with Crippen LogP contribution < -0.4 is 0 Å². The third-order valence-corrected chi connectivity index (χ3v) is 2.81. The predicted molar refractivity (Wildman–Crippen MR) is 69.0 cm³/mol. The lowest BCUT2D eigenvalue weighted by molar-refractivity contribution is -0.122. The van der Waals surface area contributed by atoms with Crippen LogP contribution in [0.25, 0.3) is 0 Å². The Morgan fingerprint density at radius 2 is 2.11 bits per heavy atom. The molecular formula is C14H21NO3. The number of ketones is 1. The van der Waals surface area contributed by atoms with Gasteiger partial charge in [-0.1, -0.05) is 0 Å². The molecule has 100 valence electrons. The second-order valence-corrected chi connectivity index (χ2v) is 5.58. The summed E-state index contributed by atoms with van der Waals surface area (Å²) in [7, 11) is 0. The molecule has 0 aromatic heterocycles. The minimum Gasteiger partial charge on any atom is -0.444 e. The van der Waals surface area contributed by atoms with E-state index in [0.717, 1.165) is 0 Å². The molecule has 1 aliphatic heterocycles. The molecule has 1 aliphatic rings. The molecule has 0 aromatic rings. The third kappa shape index (κ3) is 4.40. The quantitative estimate of drug-likeness (QED) is 0.723. The molecule has 1 fully saturated rings. The Balaban J connectivity index is 2.44. The van der Waals surface area contributed by atoms with Crippen molar-refractivity contribution in [3.05, 3.63) is 0 Å². The van der Waals surface area contributed by atoms with Gasteiger partial charge in [-0.15, -0.1) is 12.3 Å². The molecule has 0 spiro atoms. The summed E-state index contributed by atoms with van der Waals surface area (Å²) >= 11 is 0. The monoisotopic (exact) mass is 251 g/mol. The highest BCUT2D eigenvalue weighted by Crippen LogP contribution is 2.21. The van der Waals surface area contributed by atoms with E-state index in [0.29, 0.717) is 32.4 Å². The summed E-state index contributed by atoms with van der Waals surface area (Å²) in [5.41, 5.74) is -0.497. The van der Waals surface area contributed by atoms with E-state index in [1.54, 1.807) is 4.90 Å².